The normalized spacial score (nSPS) is 12.5. The summed E-state index contributed by atoms with van der Waals surface area (Å²) in [4.78, 5) is 13.0. The molecule has 0 amide bonds. The van der Waals surface area contributed by atoms with E-state index in [1.165, 1.54) is 22.2 Å². The minimum atomic E-state index is -0.662. The highest BCUT2D eigenvalue weighted by Crippen LogP contribution is 2.33. The quantitative estimate of drug-likeness (QED) is 0.690. The number of rotatable bonds is 4. The third kappa shape index (κ3) is 2.62. The summed E-state index contributed by atoms with van der Waals surface area (Å²) in [7, 11) is 0. The van der Waals surface area contributed by atoms with Crippen molar-refractivity contribution in [2.24, 2.45) is 0 Å². The van der Waals surface area contributed by atoms with Gasteiger partial charge in [0.25, 0.3) is 0 Å². The van der Waals surface area contributed by atoms with E-state index in [1.807, 2.05) is 12.1 Å². The number of nitrogens with zero attached hydrogens (tertiary/aromatic N) is 4. The lowest BCUT2D eigenvalue weighted by atomic mass is 10.00. The number of carbonyl (C=O) groups is 1. The average molecular weight is 323 g/mol. The summed E-state index contributed by atoms with van der Waals surface area (Å²) >= 11 is 7.51. The van der Waals surface area contributed by atoms with Crippen LogP contribution in [0, 0.1) is 0 Å². The fourth-order valence-corrected chi connectivity index (χ4v) is 3.16. The summed E-state index contributed by atoms with van der Waals surface area (Å²) < 4.78 is 6.70. The minimum Gasteiger partial charge on any atom is -0.465 e. The Bertz CT molecular complexity index is 757. The Morgan fingerprint density at radius 3 is 3.00 bits per heavy atom. The van der Waals surface area contributed by atoms with Gasteiger partial charge in [-0.2, -0.15) is 9.61 Å². The van der Waals surface area contributed by atoms with Gasteiger partial charge in [0, 0.05) is 5.02 Å². The summed E-state index contributed by atoms with van der Waals surface area (Å²) in [6.07, 6.45) is 1.49. The molecule has 0 bridgehead atoms. The molecule has 0 aliphatic rings. The van der Waals surface area contributed by atoms with E-state index in [9.17, 15) is 4.79 Å². The van der Waals surface area contributed by atoms with E-state index in [-0.39, 0.29) is 5.97 Å². The van der Waals surface area contributed by atoms with Crippen LogP contribution in [-0.4, -0.2) is 32.4 Å². The molecule has 2 heterocycles. The fourth-order valence-electron chi connectivity index (χ4n) is 1.99. The molecular weight excluding hydrogens is 312 g/mol. The molecule has 3 aromatic rings. The van der Waals surface area contributed by atoms with E-state index < -0.39 is 5.92 Å². The van der Waals surface area contributed by atoms with Gasteiger partial charge in [-0.1, -0.05) is 41.1 Å². The third-order valence-electron chi connectivity index (χ3n) is 2.89. The fraction of sp³-hybridized carbons (Fsp3) is 0.231. The van der Waals surface area contributed by atoms with Gasteiger partial charge in [0.1, 0.15) is 17.3 Å². The summed E-state index contributed by atoms with van der Waals surface area (Å²) in [5.74, 6) is -1.04. The SMILES string of the molecule is CCOC(=O)C(c1nn2cnnc2s1)c1ccccc1Cl. The zero-order chi connectivity index (χ0) is 14.8. The summed E-state index contributed by atoms with van der Waals surface area (Å²) in [5, 5.41) is 13.1. The molecule has 0 saturated carbocycles. The molecule has 8 heteroatoms. The van der Waals surface area contributed by atoms with E-state index in [0.717, 1.165) is 0 Å². The van der Waals surface area contributed by atoms with Crippen LogP contribution in [-0.2, 0) is 9.53 Å². The second-order valence-corrected chi connectivity index (χ2v) is 5.60. The molecule has 6 nitrogen and oxygen atoms in total. The number of fused-ring (bicyclic) bond motifs is 1. The Kier molecular flexibility index (Phi) is 3.85. The number of halogens is 1. The van der Waals surface area contributed by atoms with Crippen LogP contribution < -0.4 is 0 Å². The summed E-state index contributed by atoms with van der Waals surface area (Å²) in [6.45, 7) is 2.06. The predicted octanol–water partition coefficient (Wildman–Crippen LogP) is 2.53. The van der Waals surface area contributed by atoms with Crippen LogP contribution in [0.25, 0.3) is 4.96 Å². The van der Waals surface area contributed by atoms with Crippen LogP contribution in [0.3, 0.4) is 0 Å². The van der Waals surface area contributed by atoms with Gasteiger partial charge in [-0.25, -0.2) is 0 Å². The van der Waals surface area contributed by atoms with E-state index in [2.05, 4.69) is 15.3 Å². The van der Waals surface area contributed by atoms with Crippen molar-refractivity contribution in [1.29, 1.82) is 0 Å². The Morgan fingerprint density at radius 2 is 2.29 bits per heavy atom. The minimum absolute atomic E-state index is 0.295. The smallest absolute Gasteiger partial charge is 0.320 e. The maximum atomic E-state index is 12.3. The Morgan fingerprint density at radius 1 is 1.48 bits per heavy atom. The average Bonchev–Trinajstić information content (AvgIpc) is 3.03. The Labute approximate surface area is 129 Å². The van der Waals surface area contributed by atoms with Crippen molar-refractivity contribution < 1.29 is 9.53 Å². The molecule has 0 N–H and O–H groups in total. The van der Waals surface area contributed by atoms with E-state index in [0.29, 0.717) is 27.2 Å². The molecule has 0 spiro atoms. The molecule has 3 rings (SSSR count). The summed E-state index contributed by atoms with van der Waals surface area (Å²) in [5.41, 5.74) is 0.669. The van der Waals surface area contributed by atoms with Crippen molar-refractivity contribution in [3.8, 4) is 0 Å². The Hall–Kier alpha value is -1.99. The summed E-state index contributed by atoms with van der Waals surface area (Å²) in [6, 6.07) is 7.18. The highest BCUT2D eigenvalue weighted by molar-refractivity contribution is 7.16. The molecule has 0 fully saturated rings. The monoisotopic (exact) mass is 322 g/mol. The number of hydrogen-bond donors (Lipinski definition) is 0. The third-order valence-corrected chi connectivity index (χ3v) is 4.21. The molecule has 2 aromatic heterocycles. The van der Waals surface area contributed by atoms with Crippen LogP contribution in [0.4, 0.5) is 0 Å². The van der Waals surface area contributed by atoms with Crippen molar-refractivity contribution in [1.82, 2.24) is 19.8 Å². The number of ether oxygens (including phenoxy) is 1. The zero-order valence-electron chi connectivity index (χ0n) is 11.1. The molecule has 1 atom stereocenters. The van der Waals surface area contributed by atoms with Gasteiger partial charge in [-0.05, 0) is 18.6 Å². The lowest BCUT2D eigenvalue weighted by Crippen LogP contribution is -2.17. The first-order chi connectivity index (χ1) is 10.2. The van der Waals surface area contributed by atoms with Gasteiger partial charge in [0.05, 0.1) is 6.61 Å². The molecule has 21 heavy (non-hydrogen) atoms. The van der Waals surface area contributed by atoms with Crippen LogP contribution in [0.15, 0.2) is 30.6 Å². The van der Waals surface area contributed by atoms with Gasteiger partial charge in [0.15, 0.2) is 0 Å². The number of aromatic nitrogens is 4. The van der Waals surface area contributed by atoms with Crippen LogP contribution in [0.1, 0.15) is 23.4 Å². The maximum absolute atomic E-state index is 12.3. The van der Waals surface area contributed by atoms with Gasteiger partial charge in [-0.15, -0.1) is 10.2 Å². The molecule has 108 valence electrons. The first-order valence-corrected chi connectivity index (χ1v) is 7.48. The van der Waals surface area contributed by atoms with E-state index >= 15 is 0 Å². The number of hydrogen-bond acceptors (Lipinski definition) is 6. The molecule has 1 aromatic carbocycles. The van der Waals surface area contributed by atoms with Crippen molar-refractivity contribution in [3.05, 3.63) is 46.2 Å². The lowest BCUT2D eigenvalue weighted by Gasteiger charge is -2.14. The molecule has 0 aliphatic heterocycles. The lowest BCUT2D eigenvalue weighted by molar-refractivity contribution is -0.143. The highest BCUT2D eigenvalue weighted by atomic mass is 35.5. The number of benzene rings is 1. The Balaban J connectivity index is 2.10. The molecular formula is C13H11ClN4O2S. The van der Waals surface area contributed by atoms with Crippen LogP contribution in [0.5, 0.6) is 0 Å². The zero-order valence-corrected chi connectivity index (χ0v) is 12.6. The van der Waals surface area contributed by atoms with Crippen molar-refractivity contribution in [2.45, 2.75) is 12.8 Å². The van der Waals surface area contributed by atoms with Crippen molar-refractivity contribution in [2.75, 3.05) is 6.61 Å². The van der Waals surface area contributed by atoms with Gasteiger partial charge >= 0.3 is 5.97 Å². The van der Waals surface area contributed by atoms with Gasteiger partial charge < -0.3 is 4.74 Å². The first kappa shape index (κ1) is 14.0. The number of esters is 1. The van der Waals surface area contributed by atoms with Crippen molar-refractivity contribution >= 4 is 33.9 Å². The first-order valence-electron chi connectivity index (χ1n) is 6.28. The molecule has 0 saturated heterocycles. The van der Waals surface area contributed by atoms with E-state index in [1.54, 1.807) is 19.1 Å². The van der Waals surface area contributed by atoms with Crippen molar-refractivity contribution in [3.63, 3.8) is 0 Å². The second-order valence-electron chi connectivity index (χ2n) is 4.20. The number of carbonyl (C=O) groups excluding carboxylic acids is 1. The standard InChI is InChI=1S/C13H11ClN4O2S/c1-2-20-12(19)10(8-5-3-4-6-9(8)14)11-17-18-7-15-16-13(18)21-11/h3-7,10H,2H2,1H3. The largest absolute Gasteiger partial charge is 0.465 e. The van der Waals surface area contributed by atoms with Crippen LogP contribution >= 0.6 is 22.9 Å². The maximum Gasteiger partial charge on any atom is 0.320 e. The van der Waals surface area contributed by atoms with Crippen LogP contribution in [0.2, 0.25) is 5.02 Å². The molecule has 0 aliphatic carbocycles. The molecule has 1 unspecified atom stereocenters. The van der Waals surface area contributed by atoms with E-state index in [4.69, 9.17) is 16.3 Å². The second kappa shape index (κ2) is 5.79. The van der Waals surface area contributed by atoms with Gasteiger partial charge in [-0.3, -0.25) is 4.79 Å². The predicted molar refractivity (Wildman–Crippen MR) is 78.6 cm³/mol. The highest BCUT2D eigenvalue weighted by Gasteiger charge is 2.30. The topological polar surface area (TPSA) is 69.4 Å². The van der Waals surface area contributed by atoms with Gasteiger partial charge in [0.2, 0.25) is 4.96 Å². The molecule has 0 radical (unpaired) electrons.